The van der Waals surface area contributed by atoms with E-state index in [0.717, 1.165) is 5.82 Å². The smallest absolute Gasteiger partial charge is 0.312 e. The Morgan fingerprint density at radius 3 is 2.89 bits per heavy atom. The summed E-state index contributed by atoms with van der Waals surface area (Å²) in [6.07, 6.45) is 2.61. The first-order valence-corrected chi connectivity index (χ1v) is 8.85. The van der Waals surface area contributed by atoms with Gasteiger partial charge < -0.3 is 19.5 Å². The van der Waals surface area contributed by atoms with E-state index in [4.69, 9.17) is 16.3 Å². The quantitative estimate of drug-likeness (QED) is 0.577. The van der Waals surface area contributed by atoms with E-state index in [2.05, 4.69) is 10.3 Å². The number of aryl methyl sites for hydroxylation is 1. The molecule has 1 fully saturated rings. The number of benzene rings is 1. The van der Waals surface area contributed by atoms with Gasteiger partial charge in [0.25, 0.3) is 5.91 Å². The van der Waals surface area contributed by atoms with Crippen LogP contribution < -0.4 is 10.1 Å². The van der Waals surface area contributed by atoms with Gasteiger partial charge in [-0.1, -0.05) is 11.6 Å². The summed E-state index contributed by atoms with van der Waals surface area (Å²) in [6.45, 7) is 3.30. The summed E-state index contributed by atoms with van der Waals surface area (Å²) in [7, 11) is 1.87. The SMILES string of the molecule is CC(Oc1ccc(Cl)cc1[N+](=O)[O-])C(=O)N1CCNCC1c1nccn1C.Cl. The van der Waals surface area contributed by atoms with Crippen molar-refractivity contribution in [3.63, 3.8) is 0 Å². The second-order valence-corrected chi connectivity index (χ2v) is 6.71. The van der Waals surface area contributed by atoms with Crippen molar-refractivity contribution < 1.29 is 14.5 Å². The first-order valence-electron chi connectivity index (χ1n) is 8.47. The number of amides is 1. The molecule has 9 nitrogen and oxygen atoms in total. The molecule has 11 heteroatoms. The van der Waals surface area contributed by atoms with E-state index in [1.807, 2.05) is 17.8 Å². The van der Waals surface area contributed by atoms with Gasteiger partial charge in [-0.15, -0.1) is 12.4 Å². The number of aromatic nitrogens is 2. The highest BCUT2D eigenvalue weighted by atomic mass is 35.5. The molecule has 1 aromatic carbocycles. The van der Waals surface area contributed by atoms with Crippen LogP contribution in [0, 0.1) is 10.1 Å². The lowest BCUT2D eigenvalue weighted by molar-refractivity contribution is -0.386. The maximum Gasteiger partial charge on any atom is 0.312 e. The standard InChI is InChI=1S/C17H20ClN5O4.ClH/c1-11(27-15-4-3-12(18)9-13(15)23(25)26)17(24)22-8-5-19-10-14(22)16-20-6-7-21(16)2;/h3-4,6-7,9,11,14,19H,5,8,10H2,1-2H3;1H. The summed E-state index contributed by atoms with van der Waals surface area (Å²) < 4.78 is 7.50. The molecule has 1 aromatic heterocycles. The van der Waals surface area contributed by atoms with Crippen LogP contribution in [0.5, 0.6) is 5.75 Å². The van der Waals surface area contributed by atoms with Crippen LogP contribution in [-0.4, -0.2) is 51.0 Å². The second-order valence-electron chi connectivity index (χ2n) is 6.28. The number of carbonyl (C=O) groups is 1. The third-order valence-corrected chi connectivity index (χ3v) is 4.69. The van der Waals surface area contributed by atoms with Gasteiger partial charge in [-0.25, -0.2) is 4.98 Å². The molecular weight excluding hydrogens is 409 g/mol. The lowest BCUT2D eigenvalue weighted by Crippen LogP contribution is -2.52. The minimum absolute atomic E-state index is 0. The lowest BCUT2D eigenvalue weighted by atomic mass is 10.1. The Kier molecular flexibility index (Phi) is 7.22. The first-order chi connectivity index (χ1) is 12.9. The molecule has 0 spiro atoms. The molecule has 152 valence electrons. The first kappa shape index (κ1) is 21.9. The summed E-state index contributed by atoms with van der Waals surface area (Å²) >= 11 is 5.82. The number of nitrogens with zero attached hydrogens (tertiary/aromatic N) is 4. The minimum Gasteiger partial charge on any atom is -0.474 e. The van der Waals surface area contributed by atoms with E-state index in [-0.39, 0.29) is 40.8 Å². The summed E-state index contributed by atoms with van der Waals surface area (Å²) in [5.74, 6) is 0.517. The van der Waals surface area contributed by atoms with Gasteiger partial charge in [-0.05, 0) is 19.1 Å². The molecular formula is C17H21Cl2N5O4. The third-order valence-electron chi connectivity index (χ3n) is 4.45. The van der Waals surface area contributed by atoms with Gasteiger partial charge in [0.2, 0.25) is 0 Å². The molecule has 2 aromatic rings. The summed E-state index contributed by atoms with van der Waals surface area (Å²) in [5.41, 5.74) is -0.275. The van der Waals surface area contributed by atoms with Crippen molar-refractivity contribution in [2.45, 2.75) is 19.1 Å². The molecule has 3 rings (SSSR count). The number of halogens is 2. The molecule has 0 saturated carbocycles. The van der Waals surface area contributed by atoms with Gasteiger partial charge in [-0.2, -0.15) is 0 Å². The van der Waals surface area contributed by atoms with E-state index in [9.17, 15) is 14.9 Å². The van der Waals surface area contributed by atoms with Crippen LogP contribution in [0.2, 0.25) is 5.02 Å². The largest absolute Gasteiger partial charge is 0.474 e. The molecule has 0 bridgehead atoms. The number of nitro groups is 1. The fraction of sp³-hybridized carbons (Fsp3) is 0.412. The van der Waals surface area contributed by atoms with Crippen molar-refractivity contribution in [2.24, 2.45) is 7.05 Å². The highest BCUT2D eigenvalue weighted by Gasteiger charge is 2.34. The van der Waals surface area contributed by atoms with Gasteiger partial charge in [-0.3, -0.25) is 14.9 Å². The Morgan fingerprint density at radius 1 is 1.50 bits per heavy atom. The topological polar surface area (TPSA) is 103 Å². The fourth-order valence-corrected chi connectivity index (χ4v) is 3.27. The van der Waals surface area contributed by atoms with Crippen LogP contribution in [0.4, 0.5) is 5.69 Å². The van der Waals surface area contributed by atoms with Crippen LogP contribution >= 0.6 is 24.0 Å². The monoisotopic (exact) mass is 429 g/mol. The van der Waals surface area contributed by atoms with E-state index >= 15 is 0 Å². The molecule has 2 unspecified atom stereocenters. The number of rotatable bonds is 5. The van der Waals surface area contributed by atoms with Crippen LogP contribution in [0.25, 0.3) is 0 Å². The molecule has 2 heterocycles. The van der Waals surface area contributed by atoms with Gasteiger partial charge in [0.15, 0.2) is 11.9 Å². The van der Waals surface area contributed by atoms with Crippen LogP contribution in [0.1, 0.15) is 18.8 Å². The summed E-state index contributed by atoms with van der Waals surface area (Å²) in [5, 5.41) is 14.7. The van der Waals surface area contributed by atoms with Crippen molar-refractivity contribution in [1.82, 2.24) is 19.8 Å². The van der Waals surface area contributed by atoms with E-state index in [1.165, 1.54) is 18.2 Å². The average Bonchev–Trinajstić information content (AvgIpc) is 3.08. The molecule has 1 N–H and O–H groups in total. The van der Waals surface area contributed by atoms with Gasteiger partial charge >= 0.3 is 5.69 Å². The van der Waals surface area contributed by atoms with Crippen molar-refractivity contribution in [3.05, 3.63) is 51.6 Å². The zero-order valence-electron chi connectivity index (χ0n) is 15.4. The number of hydrogen-bond donors (Lipinski definition) is 1. The fourth-order valence-electron chi connectivity index (χ4n) is 3.10. The molecule has 0 aliphatic carbocycles. The lowest BCUT2D eigenvalue weighted by Gasteiger charge is -2.37. The third kappa shape index (κ3) is 4.54. The van der Waals surface area contributed by atoms with Crippen LogP contribution in [-0.2, 0) is 11.8 Å². The molecule has 1 aliphatic heterocycles. The number of piperazine rings is 1. The highest BCUT2D eigenvalue weighted by molar-refractivity contribution is 6.30. The summed E-state index contributed by atoms with van der Waals surface area (Å²) in [4.78, 5) is 29.7. The van der Waals surface area contributed by atoms with E-state index < -0.39 is 11.0 Å². The highest BCUT2D eigenvalue weighted by Crippen LogP contribution is 2.31. The van der Waals surface area contributed by atoms with E-state index in [1.54, 1.807) is 18.0 Å². The van der Waals surface area contributed by atoms with Crippen LogP contribution in [0.15, 0.2) is 30.6 Å². The predicted molar refractivity (Wildman–Crippen MR) is 106 cm³/mol. The Balaban J connectivity index is 0.00000280. The Bertz CT molecular complexity index is 860. The molecule has 0 radical (unpaired) electrons. The number of carbonyl (C=O) groups excluding carboxylic acids is 1. The number of imidazole rings is 1. The van der Waals surface area contributed by atoms with Crippen LogP contribution in [0.3, 0.4) is 0 Å². The number of hydrogen-bond acceptors (Lipinski definition) is 6. The van der Waals surface area contributed by atoms with Crippen molar-refractivity contribution in [2.75, 3.05) is 19.6 Å². The average molecular weight is 430 g/mol. The maximum atomic E-state index is 13.0. The Labute approximate surface area is 173 Å². The van der Waals surface area contributed by atoms with Gasteiger partial charge in [0, 0.05) is 50.2 Å². The number of nitrogens with one attached hydrogen (secondary N) is 1. The number of ether oxygens (including phenoxy) is 1. The zero-order valence-corrected chi connectivity index (χ0v) is 16.9. The number of nitro benzene ring substituents is 1. The second kappa shape index (κ2) is 9.22. The predicted octanol–water partition coefficient (Wildman–Crippen LogP) is 2.34. The Hall–Kier alpha value is -2.36. The Morgan fingerprint density at radius 2 is 2.25 bits per heavy atom. The summed E-state index contributed by atoms with van der Waals surface area (Å²) in [6, 6.07) is 3.86. The van der Waals surface area contributed by atoms with Gasteiger partial charge in [0.05, 0.1) is 4.92 Å². The van der Waals surface area contributed by atoms with Crippen molar-refractivity contribution in [3.8, 4) is 5.75 Å². The minimum atomic E-state index is -0.897. The maximum absolute atomic E-state index is 13.0. The van der Waals surface area contributed by atoms with E-state index in [0.29, 0.717) is 19.6 Å². The zero-order chi connectivity index (χ0) is 19.6. The molecule has 1 aliphatic rings. The van der Waals surface area contributed by atoms with Crippen molar-refractivity contribution in [1.29, 1.82) is 0 Å². The molecule has 1 saturated heterocycles. The molecule has 28 heavy (non-hydrogen) atoms. The van der Waals surface area contributed by atoms with Crippen molar-refractivity contribution >= 4 is 35.6 Å². The van der Waals surface area contributed by atoms with Gasteiger partial charge in [0.1, 0.15) is 11.9 Å². The molecule has 1 amide bonds. The normalized spacial score (nSPS) is 17.5. The molecule has 2 atom stereocenters.